The smallest absolute Gasteiger partial charge is 0.0628 e. The average molecular weight is 269 g/mol. The highest BCUT2D eigenvalue weighted by atomic mass is 16.5. The van der Waals surface area contributed by atoms with Crippen LogP contribution in [0.1, 0.15) is 53.4 Å². The molecule has 0 aromatic heterocycles. The third-order valence-electron chi connectivity index (χ3n) is 4.46. The molecule has 3 heteroatoms. The van der Waals surface area contributed by atoms with Crippen molar-refractivity contribution in [3.63, 3.8) is 0 Å². The molecule has 1 heterocycles. The molecule has 1 aliphatic carbocycles. The van der Waals surface area contributed by atoms with Gasteiger partial charge in [0.2, 0.25) is 0 Å². The van der Waals surface area contributed by atoms with Crippen LogP contribution in [0.2, 0.25) is 0 Å². The van der Waals surface area contributed by atoms with Crippen molar-refractivity contribution in [3.05, 3.63) is 0 Å². The molecule has 0 N–H and O–H groups in total. The van der Waals surface area contributed by atoms with Gasteiger partial charge in [-0.2, -0.15) is 0 Å². The standard InChI is InChI=1S/C16H31NO2/c1-12(2)17-7-5-14(6-8-17)11-18-15-9-16(10-15)19-13(3)4/h12-16H,5-11H2,1-4H3. The van der Waals surface area contributed by atoms with Gasteiger partial charge in [0.1, 0.15) is 0 Å². The molecular formula is C16H31NO2. The summed E-state index contributed by atoms with van der Waals surface area (Å²) in [7, 11) is 0. The summed E-state index contributed by atoms with van der Waals surface area (Å²) in [5.41, 5.74) is 0. The lowest BCUT2D eigenvalue weighted by atomic mass is 9.91. The molecule has 112 valence electrons. The Morgan fingerprint density at radius 1 is 1.00 bits per heavy atom. The number of piperidine rings is 1. The SMILES string of the molecule is CC(C)OC1CC(OCC2CCN(C(C)C)CC2)C1. The molecule has 1 saturated heterocycles. The Morgan fingerprint density at radius 3 is 2.16 bits per heavy atom. The predicted molar refractivity (Wildman–Crippen MR) is 78.4 cm³/mol. The van der Waals surface area contributed by atoms with E-state index in [1.807, 2.05) is 0 Å². The summed E-state index contributed by atoms with van der Waals surface area (Å²) in [6, 6.07) is 0.697. The van der Waals surface area contributed by atoms with Crippen LogP contribution in [0, 0.1) is 5.92 Å². The van der Waals surface area contributed by atoms with Gasteiger partial charge in [-0.25, -0.2) is 0 Å². The van der Waals surface area contributed by atoms with Gasteiger partial charge in [0.15, 0.2) is 0 Å². The molecule has 0 aromatic carbocycles. The van der Waals surface area contributed by atoms with Crippen LogP contribution in [-0.4, -0.2) is 49.0 Å². The Labute approximate surface area is 118 Å². The number of hydrogen-bond acceptors (Lipinski definition) is 3. The van der Waals surface area contributed by atoms with Crippen LogP contribution in [0.5, 0.6) is 0 Å². The number of ether oxygens (including phenoxy) is 2. The molecule has 1 aliphatic heterocycles. The molecule has 2 rings (SSSR count). The molecule has 0 unspecified atom stereocenters. The van der Waals surface area contributed by atoms with Crippen molar-refractivity contribution >= 4 is 0 Å². The third kappa shape index (κ3) is 4.73. The molecule has 19 heavy (non-hydrogen) atoms. The van der Waals surface area contributed by atoms with Crippen LogP contribution < -0.4 is 0 Å². The Bertz CT molecular complexity index is 253. The van der Waals surface area contributed by atoms with Gasteiger partial charge in [0, 0.05) is 12.6 Å². The van der Waals surface area contributed by atoms with Crippen molar-refractivity contribution < 1.29 is 9.47 Å². The van der Waals surface area contributed by atoms with Crippen LogP contribution in [0.3, 0.4) is 0 Å². The van der Waals surface area contributed by atoms with Gasteiger partial charge in [0.05, 0.1) is 18.3 Å². The minimum Gasteiger partial charge on any atom is -0.378 e. The van der Waals surface area contributed by atoms with Crippen molar-refractivity contribution in [1.82, 2.24) is 4.90 Å². The number of rotatable bonds is 6. The van der Waals surface area contributed by atoms with Crippen molar-refractivity contribution in [2.75, 3.05) is 19.7 Å². The summed E-state index contributed by atoms with van der Waals surface area (Å²) >= 11 is 0. The fraction of sp³-hybridized carbons (Fsp3) is 1.00. The lowest BCUT2D eigenvalue weighted by Gasteiger charge is -2.38. The maximum Gasteiger partial charge on any atom is 0.0628 e. The first-order chi connectivity index (χ1) is 9.04. The van der Waals surface area contributed by atoms with Gasteiger partial charge in [-0.05, 0) is 72.4 Å². The van der Waals surface area contributed by atoms with E-state index < -0.39 is 0 Å². The molecule has 0 aromatic rings. The third-order valence-corrected chi connectivity index (χ3v) is 4.46. The van der Waals surface area contributed by atoms with E-state index in [0.717, 1.165) is 25.4 Å². The summed E-state index contributed by atoms with van der Waals surface area (Å²) in [6.07, 6.45) is 6.07. The van der Waals surface area contributed by atoms with Crippen LogP contribution in [-0.2, 0) is 9.47 Å². The highest BCUT2D eigenvalue weighted by Gasteiger charge is 2.32. The lowest BCUT2D eigenvalue weighted by Crippen LogP contribution is -2.42. The van der Waals surface area contributed by atoms with E-state index in [-0.39, 0.29) is 0 Å². The summed E-state index contributed by atoms with van der Waals surface area (Å²) in [5.74, 6) is 0.778. The summed E-state index contributed by atoms with van der Waals surface area (Å²) in [6.45, 7) is 12.3. The zero-order valence-electron chi connectivity index (χ0n) is 13.1. The highest BCUT2D eigenvalue weighted by molar-refractivity contribution is 4.82. The fourth-order valence-corrected chi connectivity index (χ4v) is 3.06. The second-order valence-corrected chi connectivity index (χ2v) is 6.81. The molecule has 0 spiro atoms. The van der Waals surface area contributed by atoms with Gasteiger partial charge in [-0.15, -0.1) is 0 Å². The Kier molecular flexibility index (Phi) is 5.67. The van der Waals surface area contributed by atoms with Gasteiger partial charge < -0.3 is 14.4 Å². The average Bonchev–Trinajstić information content (AvgIpc) is 2.32. The predicted octanol–water partition coefficient (Wildman–Crippen LogP) is 3.08. The van der Waals surface area contributed by atoms with Crippen LogP contribution in [0.15, 0.2) is 0 Å². The van der Waals surface area contributed by atoms with E-state index in [1.165, 1.54) is 25.9 Å². The Morgan fingerprint density at radius 2 is 1.63 bits per heavy atom. The quantitative estimate of drug-likeness (QED) is 0.739. The number of nitrogens with zero attached hydrogens (tertiary/aromatic N) is 1. The maximum absolute atomic E-state index is 6.03. The van der Waals surface area contributed by atoms with E-state index in [2.05, 4.69) is 32.6 Å². The summed E-state index contributed by atoms with van der Waals surface area (Å²) < 4.78 is 11.8. The van der Waals surface area contributed by atoms with Gasteiger partial charge in [0.25, 0.3) is 0 Å². The molecule has 2 aliphatic rings. The van der Waals surface area contributed by atoms with Crippen molar-refractivity contribution in [3.8, 4) is 0 Å². The topological polar surface area (TPSA) is 21.7 Å². The zero-order valence-corrected chi connectivity index (χ0v) is 13.1. The van der Waals surface area contributed by atoms with E-state index in [9.17, 15) is 0 Å². The van der Waals surface area contributed by atoms with Crippen LogP contribution in [0.4, 0.5) is 0 Å². The number of likely N-dealkylation sites (tertiary alicyclic amines) is 1. The van der Waals surface area contributed by atoms with E-state index in [1.54, 1.807) is 0 Å². The highest BCUT2D eigenvalue weighted by Crippen LogP contribution is 2.29. The second kappa shape index (κ2) is 7.05. The molecule has 0 radical (unpaired) electrons. The van der Waals surface area contributed by atoms with E-state index >= 15 is 0 Å². The Hall–Kier alpha value is -0.120. The normalized spacial score (nSPS) is 30.0. The van der Waals surface area contributed by atoms with Gasteiger partial charge in [-0.1, -0.05) is 0 Å². The fourth-order valence-electron chi connectivity index (χ4n) is 3.06. The first kappa shape index (κ1) is 15.3. The molecule has 3 nitrogen and oxygen atoms in total. The molecule has 0 amide bonds. The maximum atomic E-state index is 6.03. The first-order valence-corrected chi connectivity index (χ1v) is 8.05. The van der Waals surface area contributed by atoms with Crippen LogP contribution >= 0.6 is 0 Å². The van der Waals surface area contributed by atoms with Crippen molar-refractivity contribution in [2.45, 2.75) is 77.7 Å². The molecule has 2 fully saturated rings. The molecule has 1 saturated carbocycles. The molecule has 0 atom stereocenters. The number of hydrogen-bond donors (Lipinski definition) is 0. The zero-order chi connectivity index (χ0) is 13.8. The van der Waals surface area contributed by atoms with E-state index in [0.29, 0.717) is 24.4 Å². The lowest BCUT2D eigenvalue weighted by molar-refractivity contribution is -0.125. The largest absolute Gasteiger partial charge is 0.378 e. The minimum absolute atomic E-state index is 0.353. The Balaban J connectivity index is 1.54. The van der Waals surface area contributed by atoms with Crippen molar-refractivity contribution in [1.29, 1.82) is 0 Å². The monoisotopic (exact) mass is 269 g/mol. The second-order valence-electron chi connectivity index (χ2n) is 6.81. The van der Waals surface area contributed by atoms with Crippen molar-refractivity contribution in [2.24, 2.45) is 5.92 Å². The van der Waals surface area contributed by atoms with E-state index in [4.69, 9.17) is 9.47 Å². The van der Waals surface area contributed by atoms with Gasteiger partial charge >= 0.3 is 0 Å². The van der Waals surface area contributed by atoms with Crippen LogP contribution in [0.25, 0.3) is 0 Å². The minimum atomic E-state index is 0.353. The first-order valence-electron chi connectivity index (χ1n) is 8.05. The molecule has 0 bridgehead atoms. The molecular weight excluding hydrogens is 238 g/mol. The van der Waals surface area contributed by atoms with Gasteiger partial charge in [-0.3, -0.25) is 0 Å². The summed E-state index contributed by atoms with van der Waals surface area (Å²) in [4.78, 5) is 2.58. The summed E-state index contributed by atoms with van der Waals surface area (Å²) in [5, 5.41) is 0.